The highest BCUT2D eigenvalue weighted by Gasteiger charge is 2.07. The molecule has 0 unspecified atom stereocenters. The lowest BCUT2D eigenvalue weighted by atomic mass is 10.0. The highest BCUT2D eigenvalue weighted by molar-refractivity contribution is 14.2. The molecule has 0 aliphatic rings. The SMILES string of the molecule is IC(I)c1cccc2cc3ccccc3cc12. The highest BCUT2D eigenvalue weighted by atomic mass is 127. The van der Waals surface area contributed by atoms with Gasteiger partial charge in [0.05, 0.1) is 1.93 Å². The van der Waals surface area contributed by atoms with Crippen LogP contribution >= 0.6 is 45.2 Å². The first-order valence-corrected chi connectivity index (χ1v) is 7.94. The molecule has 0 spiro atoms. The van der Waals surface area contributed by atoms with E-state index in [2.05, 4.69) is 99.8 Å². The van der Waals surface area contributed by atoms with Crippen LogP contribution in [0.2, 0.25) is 0 Å². The van der Waals surface area contributed by atoms with Gasteiger partial charge in [-0.3, -0.25) is 0 Å². The Morgan fingerprint density at radius 2 is 1.35 bits per heavy atom. The van der Waals surface area contributed by atoms with Gasteiger partial charge in [-0.1, -0.05) is 87.6 Å². The molecule has 3 aromatic carbocycles. The van der Waals surface area contributed by atoms with Gasteiger partial charge >= 0.3 is 0 Å². The standard InChI is InChI=1S/C15H10I2/c16-15(17)13-7-3-6-12-8-10-4-1-2-5-11(10)9-14(12)13/h1-9,15H. The molecule has 0 fully saturated rings. The van der Waals surface area contributed by atoms with E-state index in [1.54, 1.807) is 0 Å². The van der Waals surface area contributed by atoms with Crippen molar-refractivity contribution in [3.8, 4) is 0 Å². The van der Waals surface area contributed by atoms with E-state index in [1.165, 1.54) is 27.1 Å². The molecule has 0 radical (unpaired) electrons. The summed E-state index contributed by atoms with van der Waals surface area (Å²) in [7, 11) is 0. The number of benzene rings is 3. The molecule has 0 aliphatic heterocycles. The summed E-state index contributed by atoms with van der Waals surface area (Å²) in [6.07, 6.45) is 0. The van der Waals surface area contributed by atoms with Crippen LogP contribution in [0.25, 0.3) is 21.5 Å². The average Bonchev–Trinajstić information content (AvgIpc) is 2.35. The summed E-state index contributed by atoms with van der Waals surface area (Å²) in [5, 5.41) is 5.34. The predicted octanol–water partition coefficient (Wildman–Crippen LogP) is 5.86. The van der Waals surface area contributed by atoms with E-state index in [0.29, 0.717) is 1.93 Å². The van der Waals surface area contributed by atoms with Crippen LogP contribution in [0.1, 0.15) is 7.49 Å². The third kappa shape index (κ3) is 2.17. The van der Waals surface area contributed by atoms with E-state index in [9.17, 15) is 0 Å². The zero-order valence-corrected chi connectivity index (χ0v) is 13.3. The number of rotatable bonds is 1. The summed E-state index contributed by atoms with van der Waals surface area (Å²) in [6.45, 7) is 0. The molecule has 0 nitrogen and oxygen atoms in total. The van der Waals surface area contributed by atoms with Gasteiger partial charge in [-0.25, -0.2) is 0 Å². The summed E-state index contributed by atoms with van der Waals surface area (Å²) < 4.78 is 0.509. The normalized spacial score (nSPS) is 11.5. The molecule has 0 heterocycles. The van der Waals surface area contributed by atoms with E-state index < -0.39 is 0 Å². The number of hydrogen-bond donors (Lipinski definition) is 0. The van der Waals surface area contributed by atoms with Gasteiger partial charge in [0.1, 0.15) is 0 Å². The van der Waals surface area contributed by atoms with E-state index in [-0.39, 0.29) is 0 Å². The average molecular weight is 444 g/mol. The van der Waals surface area contributed by atoms with Crippen molar-refractivity contribution in [1.29, 1.82) is 0 Å². The van der Waals surface area contributed by atoms with Gasteiger partial charge < -0.3 is 0 Å². The molecule has 0 bridgehead atoms. The summed E-state index contributed by atoms with van der Waals surface area (Å²) in [6, 6.07) is 19.7. The Morgan fingerprint density at radius 1 is 0.706 bits per heavy atom. The zero-order chi connectivity index (χ0) is 11.8. The maximum atomic E-state index is 2.47. The van der Waals surface area contributed by atoms with Gasteiger partial charge in [0.2, 0.25) is 0 Å². The van der Waals surface area contributed by atoms with Crippen LogP contribution in [-0.2, 0) is 0 Å². The fourth-order valence-corrected chi connectivity index (χ4v) is 3.27. The Labute approximate surface area is 128 Å². The van der Waals surface area contributed by atoms with Crippen LogP contribution in [0.4, 0.5) is 0 Å². The first-order chi connectivity index (χ1) is 8.25. The molecular weight excluding hydrogens is 434 g/mol. The monoisotopic (exact) mass is 444 g/mol. The van der Waals surface area contributed by atoms with Crippen molar-refractivity contribution in [2.24, 2.45) is 0 Å². The topological polar surface area (TPSA) is 0 Å². The van der Waals surface area contributed by atoms with E-state index in [0.717, 1.165) is 0 Å². The molecule has 0 N–H and O–H groups in total. The zero-order valence-electron chi connectivity index (χ0n) is 9.03. The minimum atomic E-state index is 0.509. The van der Waals surface area contributed by atoms with E-state index in [1.807, 2.05) is 0 Å². The first-order valence-electron chi connectivity index (χ1n) is 5.45. The minimum Gasteiger partial charge on any atom is -0.0657 e. The number of halogens is 2. The van der Waals surface area contributed by atoms with Crippen molar-refractivity contribution in [3.63, 3.8) is 0 Å². The molecule has 17 heavy (non-hydrogen) atoms. The number of fused-ring (bicyclic) bond motifs is 2. The van der Waals surface area contributed by atoms with Gasteiger partial charge in [0.25, 0.3) is 0 Å². The van der Waals surface area contributed by atoms with Crippen molar-refractivity contribution in [3.05, 3.63) is 60.2 Å². The summed E-state index contributed by atoms with van der Waals surface area (Å²) in [5.74, 6) is 0. The largest absolute Gasteiger partial charge is 0.0880 e. The lowest BCUT2D eigenvalue weighted by Gasteiger charge is -2.09. The first kappa shape index (κ1) is 11.7. The Balaban J connectivity index is 2.43. The van der Waals surface area contributed by atoms with Crippen LogP contribution in [-0.4, -0.2) is 0 Å². The van der Waals surface area contributed by atoms with Gasteiger partial charge in [-0.15, -0.1) is 0 Å². The minimum absolute atomic E-state index is 0.509. The smallest absolute Gasteiger partial charge is 0.0657 e. The van der Waals surface area contributed by atoms with Crippen molar-refractivity contribution in [1.82, 2.24) is 0 Å². The molecule has 3 aromatic rings. The Morgan fingerprint density at radius 3 is 2.06 bits per heavy atom. The lowest BCUT2D eigenvalue weighted by Crippen LogP contribution is -1.84. The molecule has 3 rings (SSSR count). The van der Waals surface area contributed by atoms with Gasteiger partial charge in [-0.2, -0.15) is 0 Å². The molecule has 0 amide bonds. The van der Waals surface area contributed by atoms with Crippen LogP contribution in [0.3, 0.4) is 0 Å². The van der Waals surface area contributed by atoms with Crippen LogP contribution in [0.5, 0.6) is 0 Å². The second-order valence-electron chi connectivity index (χ2n) is 4.07. The predicted molar refractivity (Wildman–Crippen MR) is 92.2 cm³/mol. The van der Waals surface area contributed by atoms with Crippen molar-refractivity contribution in [2.45, 2.75) is 1.93 Å². The maximum absolute atomic E-state index is 2.47. The quantitative estimate of drug-likeness (QED) is 0.251. The Hall–Kier alpha value is -0.360. The van der Waals surface area contributed by atoms with Crippen molar-refractivity contribution in [2.75, 3.05) is 0 Å². The molecule has 0 aliphatic carbocycles. The molecule has 0 atom stereocenters. The van der Waals surface area contributed by atoms with E-state index in [4.69, 9.17) is 0 Å². The molecular formula is C15H10I2. The molecule has 0 saturated heterocycles. The van der Waals surface area contributed by atoms with Crippen LogP contribution in [0.15, 0.2) is 54.6 Å². The lowest BCUT2D eigenvalue weighted by molar-refractivity contribution is 1.52. The van der Waals surface area contributed by atoms with Crippen LogP contribution < -0.4 is 0 Å². The Bertz CT molecular complexity index is 687. The summed E-state index contributed by atoms with van der Waals surface area (Å²) >= 11 is 4.93. The van der Waals surface area contributed by atoms with Gasteiger partial charge in [-0.05, 0) is 39.2 Å². The second-order valence-corrected chi connectivity index (χ2v) is 8.94. The third-order valence-electron chi connectivity index (χ3n) is 3.02. The van der Waals surface area contributed by atoms with Gasteiger partial charge in [0.15, 0.2) is 0 Å². The molecule has 2 heteroatoms. The second kappa shape index (κ2) is 4.72. The molecule has 0 saturated carbocycles. The number of alkyl halides is 2. The van der Waals surface area contributed by atoms with Gasteiger partial charge in [0, 0.05) is 0 Å². The fraction of sp³-hybridized carbons (Fsp3) is 0.0667. The Kier molecular flexibility index (Phi) is 3.25. The van der Waals surface area contributed by atoms with Crippen LogP contribution in [0, 0.1) is 0 Å². The maximum Gasteiger partial charge on any atom is 0.0880 e. The highest BCUT2D eigenvalue weighted by Crippen LogP contribution is 2.36. The van der Waals surface area contributed by atoms with Crippen molar-refractivity contribution < 1.29 is 0 Å². The summed E-state index contributed by atoms with van der Waals surface area (Å²) in [5.41, 5.74) is 1.41. The number of hydrogen-bond acceptors (Lipinski definition) is 0. The van der Waals surface area contributed by atoms with Crippen molar-refractivity contribution >= 4 is 66.7 Å². The third-order valence-corrected chi connectivity index (χ3v) is 4.36. The molecule has 0 aromatic heterocycles. The summed E-state index contributed by atoms with van der Waals surface area (Å²) in [4.78, 5) is 0. The van der Waals surface area contributed by atoms with E-state index >= 15 is 0 Å². The fourth-order valence-electron chi connectivity index (χ4n) is 2.18. The molecule has 84 valence electrons.